The van der Waals surface area contributed by atoms with E-state index in [-0.39, 0.29) is 28.0 Å². The lowest BCUT2D eigenvalue weighted by Crippen LogP contribution is -2.13. The number of hydrogen-bond acceptors (Lipinski definition) is 8. The first kappa shape index (κ1) is 20.7. The summed E-state index contributed by atoms with van der Waals surface area (Å²) in [6, 6.07) is 11.9. The first-order valence-electron chi connectivity index (χ1n) is 7.98. The normalized spacial score (nSPS) is 10.4. The number of amides is 2. The van der Waals surface area contributed by atoms with Crippen molar-refractivity contribution in [1.82, 2.24) is 10.2 Å². The number of carbonyl (C=O) groups is 2. The van der Waals surface area contributed by atoms with Gasteiger partial charge in [0.25, 0.3) is 11.6 Å². The number of thioether (sulfide) groups is 1. The number of rotatable bonds is 7. The van der Waals surface area contributed by atoms with Gasteiger partial charge in [0.2, 0.25) is 11.0 Å². The van der Waals surface area contributed by atoms with Crippen molar-refractivity contribution in [3.05, 3.63) is 69.2 Å². The SMILES string of the molecule is O=C(CSc1nnc(NC(=O)c2ccc([N+](=O)[O-])cc2)s1)Nc1ccc(Cl)cc1. The van der Waals surface area contributed by atoms with Crippen LogP contribution in [0.3, 0.4) is 0 Å². The molecule has 9 nitrogen and oxygen atoms in total. The topological polar surface area (TPSA) is 127 Å². The summed E-state index contributed by atoms with van der Waals surface area (Å²) < 4.78 is 0.509. The Morgan fingerprint density at radius 2 is 1.76 bits per heavy atom. The summed E-state index contributed by atoms with van der Waals surface area (Å²) in [6.45, 7) is 0. The molecule has 0 saturated carbocycles. The number of anilines is 2. The van der Waals surface area contributed by atoms with Crippen LogP contribution in [0.4, 0.5) is 16.5 Å². The highest BCUT2D eigenvalue weighted by atomic mass is 35.5. The standard InChI is InChI=1S/C17H12ClN5O4S2/c18-11-3-5-12(6-4-11)19-14(24)9-28-17-22-21-16(29-17)20-15(25)10-1-7-13(8-2-10)23(26)27/h1-8H,9H2,(H,19,24)(H,20,21,25). The molecule has 3 aromatic rings. The molecule has 0 bridgehead atoms. The molecule has 0 aliphatic carbocycles. The highest BCUT2D eigenvalue weighted by Crippen LogP contribution is 2.26. The van der Waals surface area contributed by atoms with Gasteiger partial charge in [-0.05, 0) is 36.4 Å². The number of halogens is 1. The van der Waals surface area contributed by atoms with Crippen LogP contribution < -0.4 is 10.6 Å². The first-order valence-corrected chi connectivity index (χ1v) is 10.2. The first-order chi connectivity index (χ1) is 13.9. The highest BCUT2D eigenvalue weighted by molar-refractivity contribution is 8.01. The van der Waals surface area contributed by atoms with E-state index in [1.807, 2.05) is 0 Å². The second kappa shape index (κ2) is 9.45. The largest absolute Gasteiger partial charge is 0.325 e. The fraction of sp³-hybridized carbons (Fsp3) is 0.0588. The van der Waals surface area contributed by atoms with E-state index < -0.39 is 10.8 Å². The minimum atomic E-state index is -0.543. The molecule has 0 radical (unpaired) electrons. The molecule has 0 aliphatic heterocycles. The van der Waals surface area contributed by atoms with Crippen LogP contribution in [-0.4, -0.2) is 32.7 Å². The number of non-ortho nitro benzene ring substituents is 1. The molecular weight excluding hydrogens is 438 g/mol. The molecule has 2 amide bonds. The highest BCUT2D eigenvalue weighted by Gasteiger charge is 2.13. The maximum Gasteiger partial charge on any atom is 0.269 e. The third kappa shape index (κ3) is 5.98. The van der Waals surface area contributed by atoms with Gasteiger partial charge in [0, 0.05) is 28.4 Å². The molecule has 2 aromatic carbocycles. The Kier molecular flexibility index (Phi) is 6.75. The molecule has 0 saturated heterocycles. The van der Waals surface area contributed by atoms with E-state index in [4.69, 9.17) is 11.6 Å². The van der Waals surface area contributed by atoms with E-state index in [1.54, 1.807) is 24.3 Å². The zero-order valence-corrected chi connectivity index (χ0v) is 16.9. The zero-order valence-electron chi connectivity index (χ0n) is 14.5. The third-order valence-electron chi connectivity index (χ3n) is 3.42. The summed E-state index contributed by atoms with van der Waals surface area (Å²) >= 11 is 8.10. The van der Waals surface area contributed by atoms with Crippen molar-refractivity contribution < 1.29 is 14.5 Å². The van der Waals surface area contributed by atoms with Gasteiger partial charge in [-0.25, -0.2) is 0 Å². The van der Waals surface area contributed by atoms with Crippen molar-refractivity contribution in [2.24, 2.45) is 0 Å². The molecule has 0 spiro atoms. The fourth-order valence-electron chi connectivity index (χ4n) is 2.08. The van der Waals surface area contributed by atoms with Crippen LogP contribution in [0.1, 0.15) is 10.4 Å². The molecule has 0 unspecified atom stereocenters. The summed E-state index contributed by atoms with van der Waals surface area (Å²) in [7, 11) is 0. The predicted molar refractivity (Wildman–Crippen MR) is 112 cm³/mol. The van der Waals surface area contributed by atoms with Crippen LogP contribution in [0, 0.1) is 10.1 Å². The summed E-state index contributed by atoms with van der Waals surface area (Å²) in [5, 5.41) is 24.6. The summed E-state index contributed by atoms with van der Waals surface area (Å²) in [6.07, 6.45) is 0. The Hall–Kier alpha value is -3.02. The quantitative estimate of drug-likeness (QED) is 0.240. The number of carbonyl (C=O) groups excluding carboxylic acids is 2. The number of nitro benzene ring substituents is 1. The monoisotopic (exact) mass is 449 g/mol. The lowest BCUT2D eigenvalue weighted by atomic mass is 10.2. The van der Waals surface area contributed by atoms with Gasteiger partial charge < -0.3 is 5.32 Å². The molecular formula is C17H12ClN5O4S2. The van der Waals surface area contributed by atoms with E-state index in [1.165, 1.54) is 36.0 Å². The van der Waals surface area contributed by atoms with Gasteiger partial charge in [0.15, 0.2) is 4.34 Å². The molecule has 12 heteroatoms. The van der Waals surface area contributed by atoms with Crippen molar-refractivity contribution in [3.8, 4) is 0 Å². The summed E-state index contributed by atoms with van der Waals surface area (Å²) in [4.78, 5) is 34.3. The molecule has 2 N–H and O–H groups in total. The minimum absolute atomic E-state index is 0.104. The van der Waals surface area contributed by atoms with Gasteiger partial charge in [0.05, 0.1) is 10.7 Å². The van der Waals surface area contributed by atoms with Crippen LogP contribution >= 0.6 is 34.7 Å². The van der Waals surface area contributed by atoms with E-state index in [9.17, 15) is 19.7 Å². The predicted octanol–water partition coefficient (Wildman–Crippen LogP) is 4.08. The van der Waals surface area contributed by atoms with Crippen molar-refractivity contribution in [3.63, 3.8) is 0 Å². The van der Waals surface area contributed by atoms with Gasteiger partial charge in [-0.3, -0.25) is 25.0 Å². The van der Waals surface area contributed by atoms with Crippen LogP contribution in [0.25, 0.3) is 0 Å². The lowest BCUT2D eigenvalue weighted by Gasteiger charge is -2.03. The Morgan fingerprint density at radius 3 is 2.41 bits per heavy atom. The minimum Gasteiger partial charge on any atom is -0.325 e. The van der Waals surface area contributed by atoms with Gasteiger partial charge >= 0.3 is 0 Å². The Morgan fingerprint density at radius 1 is 1.07 bits per heavy atom. The molecule has 0 fully saturated rings. The summed E-state index contributed by atoms with van der Waals surface area (Å²) in [5.41, 5.74) is 0.781. The van der Waals surface area contributed by atoms with Crippen LogP contribution in [-0.2, 0) is 4.79 Å². The average Bonchev–Trinajstić information content (AvgIpc) is 3.15. The molecule has 3 rings (SSSR count). The smallest absolute Gasteiger partial charge is 0.269 e. The van der Waals surface area contributed by atoms with Crippen LogP contribution in [0.2, 0.25) is 5.02 Å². The van der Waals surface area contributed by atoms with Gasteiger partial charge in [0.1, 0.15) is 0 Å². The second-order valence-corrected chi connectivity index (χ2v) is 8.11. The fourth-order valence-corrected chi connectivity index (χ4v) is 3.75. The zero-order chi connectivity index (χ0) is 20.8. The summed E-state index contributed by atoms with van der Waals surface area (Å²) in [5.74, 6) is -0.565. The van der Waals surface area contributed by atoms with Crippen molar-refractivity contribution in [2.75, 3.05) is 16.4 Å². The molecule has 0 atom stereocenters. The number of nitrogens with zero attached hydrogens (tertiary/aromatic N) is 3. The lowest BCUT2D eigenvalue weighted by molar-refractivity contribution is -0.384. The van der Waals surface area contributed by atoms with E-state index in [2.05, 4.69) is 20.8 Å². The molecule has 29 heavy (non-hydrogen) atoms. The van der Waals surface area contributed by atoms with Gasteiger partial charge in [-0.2, -0.15) is 0 Å². The van der Waals surface area contributed by atoms with E-state index in [0.717, 1.165) is 11.3 Å². The third-order valence-corrected chi connectivity index (χ3v) is 5.65. The van der Waals surface area contributed by atoms with Crippen molar-refractivity contribution in [1.29, 1.82) is 0 Å². The van der Waals surface area contributed by atoms with Crippen molar-refractivity contribution in [2.45, 2.75) is 4.34 Å². The maximum absolute atomic E-state index is 12.2. The van der Waals surface area contributed by atoms with E-state index >= 15 is 0 Å². The average molecular weight is 450 g/mol. The Labute approximate surface area is 177 Å². The number of nitro groups is 1. The van der Waals surface area contributed by atoms with Gasteiger partial charge in [-0.1, -0.05) is 34.7 Å². The van der Waals surface area contributed by atoms with Gasteiger partial charge in [-0.15, -0.1) is 10.2 Å². The molecule has 0 aliphatic rings. The number of hydrogen-bond donors (Lipinski definition) is 2. The Balaban J connectivity index is 1.51. The van der Waals surface area contributed by atoms with Crippen LogP contribution in [0.5, 0.6) is 0 Å². The van der Waals surface area contributed by atoms with Crippen molar-refractivity contribution >= 4 is 63.0 Å². The maximum atomic E-state index is 12.2. The van der Waals surface area contributed by atoms with E-state index in [0.29, 0.717) is 15.0 Å². The molecule has 1 heterocycles. The van der Waals surface area contributed by atoms with Crippen LogP contribution in [0.15, 0.2) is 52.9 Å². The Bertz CT molecular complexity index is 1040. The number of benzene rings is 2. The number of aromatic nitrogens is 2. The molecule has 1 aromatic heterocycles. The molecule has 148 valence electrons. The number of nitrogens with one attached hydrogen (secondary N) is 2. The second-order valence-electron chi connectivity index (χ2n) is 5.47.